The van der Waals surface area contributed by atoms with E-state index in [1.165, 1.54) is 12.0 Å². The zero-order valence-electron chi connectivity index (χ0n) is 16.8. The highest BCUT2D eigenvalue weighted by atomic mass is 16.5. The number of nitrogens with zero attached hydrogens (tertiary/aromatic N) is 2. The molecular formula is C22H34N2O4. The number of hydrogen-bond acceptors (Lipinski definition) is 6. The molecule has 3 aliphatic rings. The number of likely N-dealkylation sites (tertiary alicyclic amines) is 2. The second-order valence-corrected chi connectivity index (χ2v) is 8.70. The van der Waals surface area contributed by atoms with Gasteiger partial charge in [-0.2, -0.15) is 0 Å². The second kappa shape index (κ2) is 9.09. The molecule has 0 aliphatic carbocycles. The summed E-state index contributed by atoms with van der Waals surface area (Å²) in [5.41, 5.74) is 1.45. The van der Waals surface area contributed by atoms with Gasteiger partial charge in [-0.05, 0) is 49.8 Å². The van der Waals surface area contributed by atoms with Gasteiger partial charge in [-0.15, -0.1) is 0 Å². The van der Waals surface area contributed by atoms with E-state index in [0.717, 1.165) is 70.8 Å². The van der Waals surface area contributed by atoms with Crippen molar-refractivity contribution >= 4 is 0 Å². The number of ether oxygens (including phenoxy) is 2. The first-order valence-electron chi connectivity index (χ1n) is 10.8. The Kier molecular flexibility index (Phi) is 6.53. The summed E-state index contributed by atoms with van der Waals surface area (Å²) in [6.07, 6.45) is 4.40. The van der Waals surface area contributed by atoms with Crippen LogP contribution in [-0.2, 0) is 11.3 Å². The first-order valence-corrected chi connectivity index (χ1v) is 10.8. The Morgan fingerprint density at radius 3 is 2.54 bits per heavy atom. The lowest BCUT2D eigenvalue weighted by molar-refractivity contribution is -0.173. The van der Waals surface area contributed by atoms with Crippen molar-refractivity contribution in [1.82, 2.24) is 9.80 Å². The van der Waals surface area contributed by atoms with Crippen molar-refractivity contribution < 1.29 is 19.7 Å². The van der Waals surface area contributed by atoms with Gasteiger partial charge in [-0.25, -0.2) is 0 Å². The van der Waals surface area contributed by atoms with Crippen molar-refractivity contribution in [1.29, 1.82) is 0 Å². The number of aliphatic hydroxyl groups excluding tert-OH is 2. The zero-order chi connectivity index (χ0) is 19.4. The number of benzene rings is 1. The molecule has 1 aromatic rings. The topological polar surface area (TPSA) is 65.4 Å². The standard InChI is InChI=1S/C22H34N2O4/c25-19-4-9-23(10-5-19)16-20(26)17-27-21-3-1-2-18(14-21)15-24-11-6-22(7-12-24)8-13-28-22/h1-3,14,19-20,25-26H,4-13,15-17H2/t20-/m0/s1. The molecule has 3 heterocycles. The Labute approximate surface area is 168 Å². The van der Waals surface area contributed by atoms with E-state index in [0.29, 0.717) is 13.2 Å². The van der Waals surface area contributed by atoms with Crippen molar-refractivity contribution in [3.05, 3.63) is 29.8 Å². The molecule has 3 aliphatic heterocycles. The van der Waals surface area contributed by atoms with Crippen molar-refractivity contribution in [3.63, 3.8) is 0 Å². The van der Waals surface area contributed by atoms with Crippen LogP contribution in [0.5, 0.6) is 5.75 Å². The summed E-state index contributed by atoms with van der Waals surface area (Å²) in [5, 5.41) is 19.9. The van der Waals surface area contributed by atoms with Crippen molar-refractivity contribution in [2.45, 2.75) is 56.5 Å². The second-order valence-electron chi connectivity index (χ2n) is 8.70. The minimum absolute atomic E-state index is 0.181. The largest absolute Gasteiger partial charge is 0.491 e. The van der Waals surface area contributed by atoms with Gasteiger partial charge in [0.15, 0.2) is 0 Å². The number of rotatable bonds is 7. The Hall–Kier alpha value is -1.18. The highest BCUT2D eigenvalue weighted by Crippen LogP contribution is 2.37. The molecule has 156 valence electrons. The van der Waals surface area contributed by atoms with Gasteiger partial charge in [0.25, 0.3) is 0 Å². The monoisotopic (exact) mass is 390 g/mol. The third kappa shape index (κ3) is 5.24. The molecule has 6 heteroatoms. The summed E-state index contributed by atoms with van der Waals surface area (Å²) in [6, 6.07) is 8.23. The normalized spacial score (nSPS) is 24.8. The molecule has 1 aromatic carbocycles. The van der Waals surface area contributed by atoms with E-state index in [2.05, 4.69) is 21.9 Å². The number of β-amino-alcohol motifs (C(OH)–C–C–N with tert-alkyl or cyclic N) is 1. The molecule has 0 amide bonds. The van der Waals surface area contributed by atoms with Gasteiger partial charge >= 0.3 is 0 Å². The highest BCUT2D eigenvalue weighted by Gasteiger charge is 2.40. The van der Waals surface area contributed by atoms with Crippen LogP contribution in [0.25, 0.3) is 0 Å². The average molecular weight is 391 g/mol. The van der Waals surface area contributed by atoms with Gasteiger partial charge < -0.3 is 24.6 Å². The van der Waals surface area contributed by atoms with Gasteiger partial charge in [0.2, 0.25) is 0 Å². The molecular weight excluding hydrogens is 356 g/mol. The van der Waals surface area contributed by atoms with Crippen LogP contribution in [0, 0.1) is 0 Å². The Morgan fingerprint density at radius 1 is 1.11 bits per heavy atom. The smallest absolute Gasteiger partial charge is 0.119 e. The fourth-order valence-electron chi connectivity index (χ4n) is 4.54. The van der Waals surface area contributed by atoms with Crippen LogP contribution in [0.15, 0.2) is 24.3 Å². The van der Waals surface area contributed by atoms with Gasteiger partial charge in [0, 0.05) is 39.3 Å². The maximum absolute atomic E-state index is 10.3. The maximum atomic E-state index is 10.3. The van der Waals surface area contributed by atoms with Crippen molar-refractivity contribution in [3.8, 4) is 5.75 Å². The van der Waals surface area contributed by atoms with E-state index in [9.17, 15) is 10.2 Å². The molecule has 0 saturated carbocycles. The molecule has 0 bridgehead atoms. The van der Waals surface area contributed by atoms with Crippen LogP contribution in [-0.4, -0.2) is 83.8 Å². The maximum Gasteiger partial charge on any atom is 0.119 e. The lowest BCUT2D eigenvalue weighted by atomic mass is 9.84. The molecule has 0 unspecified atom stereocenters. The molecule has 3 fully saturated rings. The Morgan fingerprint density at radius 2 is 1.86 bits per heavy atom. The Bertz CT molecular complexity index is 619. The van der Waals surface area contributed by atoms with E-state index in [1.807, 2.05) is 12.1 Å². The summed E-state index contributed by atoms with van der Waals surface area (Å²) < 4.78 is 11.7. The van der Waals surface area contributed by atoms with E-state index < -0.39 is 6.10 Å². The predicted molar refractivity (Wildman–Crippen MR) is 107 cm³/mol. The van der Waals surface area contributed by atoms with Gasteiger partial charge in [0.1, 0.15) is 18.5 Å². The first-order chi connectivity index (χ1) is 13.6. The molecule has 1 spiro atoms. The summed E-state index contributed by atoms with van der Waals surface area (Å²) >= 11 is 0. The number of aliphatic hydroxyl groups is 2. The molecule has 3 saturated heterocycles. The molecule has 4 rings (SSSR count). The minimum Gasteiger partial charge on any atom is -0.491 e. The quantitative estimate of drug-likeness (QED) is 0.738. The fourth-order valence-corrected chi connectivity index (χ4v) is 4.54. The van der Waals surface area contributed by atoms with Crippen LogP contribution in [0.1, 0.15) is 37.7 Å². The van der Waals surface area contributed by atoms with Gasteiger partial charge in [-0.1, -0.05) is 12.1 Å². The van der Waals surface area contributed by atoms with Gasteiger partial charge in [-0.3, -0.25) is 4.90 Å². The lowest BCUT2D eigenvalue weighted by Crippen LogP contribution is -2.52. The van der Waals surface area contributed by atoms with Crippen LogP contribution in [0.3, 0.4) is 0 Å². The summed E-state index contributed by atoms with van der Waals surface area (Å²) in [7, 11) is 0. The minimum atomic E-state index is -0.514. The summed E-state index contributed by atoms with van der Waals surface area (Å²) in [6.45, 7) is 6.64. The van der Waals surface area contributed by atoms with Crippen LogP contribution in [0.2, 0.25) is 0 Å². The average Bonchev–Trinajstić information content (AvgIpc) is 2.68. The Balaban J connectivity index is 1.20. The molecule has 0 aromatic heterocycles. The molecule has 6 nitrogen and oxygen atoms in total. The van der Waals surface area contributed by atoms with E-state index >= 15 is 0 Å². The summed E-state index contributed by atoms with van der Waals surface area (Å²) in [4.78, 5) is 4.69. The zero-order valence-corrected chi connectivity index (χ0v) is 16.8. The van der Waals surface area contributed by atoms with E-state index in [1.54, 1.807) is 0 Å². The van der Waals surface area contributed by atoms with Crippen LogP contribution in [0.4, 0.5) is 0 Å². The van der Waals surface area contributed by atoms with Crippen LogP contribution < -0.4 is 4.74 Å². The van der Waals surface area contributed by atoms with Crippen LogP contribution >= 0.6 is 0 Å². The molecule has 2 N–H and O–H groups in total. The molecule has 28 heavy (non-hydrogen) atoms. The first kappa shape index (κ1) is 20.1. The highest BCUT2D eigenvalue weighted by molar-refractivity contribution is 5.28. The molecule has 0 radical (unpaired) electrons. The van der Waals surface area contributed by atoms with E-state index in [-0.39, 0.29) is 11.7 Å². The lowest BCUT2D eigenvalue weighted by Gasteiger charge is -2.47. The van der Waals surface area contributed by atoms with Crippen molar-refractivity contribution in [2.24, 2.45) is 0 Å². The SMILES string of the molecule is OC1CCN(C[C@H](O)COc2cccc(CN3CCC4(CCO4)CC3)c2)CC1. The summed E-state index contributed by atoms with van der Waals surface area (Å²) in [5.74, 6) is 0.821. The number of piperidine rings is 2. The third-order valence-electron chi connectivity index (χ3n) is 6.51. The van der Waals surface area contributed by atoms with E-state index in [4.69, 9.17) is 9.47 Å². The predicted octanol–water partition coefficient (Wildman–Crippen LogP) is 1.64. The third-order valence-corrected chi connectivity index (χ3v) is 6.51. The van der Waals surface area contributed by atoms with Crippen molar-refractivity contribution in [2.75, 3.05) is 45.9 Å². The number of hydrogen-bond donors (Lipinski definition) is 2. The fraction of sp³-hybridized carbons (Fsp3) is 0.727. The molecule has 1 atom stereocenters. The van der Waals surface area contributed by atoms with Gasteiger partial charge in [0.05, 0.1) is 18.3 Å².